The summed E-state index contributed by atoms with van der Waals surface area (Å²) in [7, 11) is 0. The van der Waals surface area contributed by atoms with Crippen molar-refractivity contribution in [2.24, 2.45) is 5.92 Å². The lowest BCUT2D eigenvalue weighted by Crippen LogP contribution is -2.32. The van der Waals surface area contributed by atoms with E-state index in [0.29, 0.717) is 5.69 Å². The highest BCUT2D eigenvalue weighted by Gasteiger charge is 2.15. The molecule has 4 heteroatoms. The Labute approximate surface area is 144 Å². The van der Waals surface area contributed by atoms with Gasteiger partial charge in [-0.25, -0.2) is 4.98 Å². The van der Waals surface area contributed by atoms with Crippen LogP contribution in [0.3, 0.4) is 0 Å². The zero-order valence-electron chi connectivity index (χ0n) is 14.2. The Hall–Kier alpha value is -2.38. The zero-order chi connectivity index (χ0) is 16.8. The van der Waals surface area contributed by atoms with Crippen LogP contribution < -0.4 is 5.32 Å². The normalized spacial score (nSPS) is 15.8. The maximum absolute atomic E-state index is 8.76. The maximum Gasteiger partial charge on any atom is 0.140 e. The van der Waals surface area contributed by atoms with Gasteiger partial charge in [-0.1, -0.05) is 31.2 Å². The van der Waals surface area contributed by atoms with E-state index in [9.17, 15) is 0 Å². The lowest BCUT2D eigenvalue weighted by molar-refractivity contribution is 0.185. The van der Waals surface area contributed by atoms with Crippen LogP contribution in [0, 0.1) is 17.2 Å². The highest BCUT2D eigenvalue weighted by atomic mass is 15.1. The van der Waals surface area contributed by atoms with E-state index in [1.807, 2.05) is 12.1 Å². The summed E-state index contributed by atoms with van der Waals surface area (Å²) in [6.45, 7) is 6.60. The van der Waals surface area contributed by atoms with E-state index in [1.165, 1.54) is 37.1 Å². The van der Waals surface area contributed by atoms with Gasteiger partial charge in [0.05, 0.1) is 11.9 Å². The quantitative estimate of drug-likeness (QED) is 0.910. The SMILES string of the molecule is CC1CCN(Cc2ccc(CNc3ccc(C#N)nc3)cc2)CC1. The summed E-state index contributed by atoms with van der Waals surface area (Å²) in [5.41, 5.74) is 4.00. The van der Waals surface area contributed by atoms with Crippen molar-refractivity contribution in [3.63, 3.8) is 0 Å². The molecule has 1 N–H and O–H groups in total. The molecule has 4 nitrogen and oxygen atoms in total. The summed E-state index contributed by atoms with van der Waals surface area (Å²) >= 11 is 0. The lowest BCUT2D eigenvalue weighted by atomic mass is 9.99. The van der Waals surface area contributed by atoms with Gasteiger partial charge in [-0.3, -0.25) is 4.90 Å². The molecule has 2 heterocycles. The van der Waals surface area contributed by atoms with Gasteiger partial charge in [0, 0.05) is 13.1 Å². The minimum Gasteiger partial charge on any atom is -0.380 e. The summed E-state index contributed by atoms with van der Waals surface area (Å²) < 4.78 is 0. The second-order valence-corrected chi connectivity index (χ2v) is 6.67. The van der Waals surface area contributed by atoms with Gasteiger partial charge < -0.3 is 5.32 Å². The van der Waals surface area contributed by atoms with Crippen LogP contribution in [0.15, 0.2) is 42.6 Å². The Bertz CT molecular complexity index is 677. The lowest BCUT2D eigenvalue weighted by Gasteiger charge is -2.30. The number of pyridine rings is 1. The Morgan fingerprint density at radius 3 is 2.46 bits per heavy atom. The number of hydrogen-bond donors (Lipinski definition) is 1. The molecule has 0 bridgehead atoms. The number of rotatable bonds is 5. The molecular weight excluding hydrogens is 296 g/mol. The Morgan fingerprint density at radius 2 is 1.83 bits per heavy atom. The van der Waals surface area contributed by atoms with E-state index in [0.717, 1.165) is 24.7 Å². The summed E-state index contributed by atoms with van der Waals surface area (Å²) in [4.78, 5) is 6.62. The predicted molar refractivity (Wildman–Crippen MR) is 96.4 cm³/mol. The van der Waals surface area contributed by atoms with Crippen molar-refractivity contribution >= 4 is 5.69 Å². The number of anilines is 1. The molecule has 1 fully saturated rings. The Balaban J connectivity index is 1.50. The van der Waals surface area contributed by atoms with Gasteiger partial charge in [0.1, 0.15) is 11.8 Å². The number of nitrogens with one attached hydrogen (secondary N) is 1. The van der Waals surface area contributed by atoms with Crippen LogP contribution in [0.4, 0.5) is 5.69 Å². The van der Waals surface area contributed by atoms with Crippen LogP contribution in [0.2, 0.25) is 0 Å². The van der Waals surface area contributed by atoms with Gasteiger partial charge in [-0.05, 0) is 55.1 Å². The molecule has 0 spiro atoms. The number of hydrogen-bond acceptors (Lipinski definition) is 4. The number of nitriles is 1. The van der Waals surface area contributed by atoms with Crippen molar-refractivity contribution in [3.05, 3.63) is 59.4 Å². The number of nitrogens with zero attached hydrogens (tertiary/aromatic N) is 3. The molecule has 1 aromatic carbocycles. The molecule has 0 aliphatic carbocycles. The molecule has 0 radical (unpaired) electrons. The van der Waals surface area contributed by atoms with Gasteiger partial charge in [0.15, 0.2) is 0 Å². The average Bonchev–Trinajstić information content (AvgIpc) is 2.63. The van der Waals surface area contributed by atoms with E-state index in [4.69, 9.17) is 5.26 Å². The molecule has 2 aromatic rings. The van der Waals surface area contributed by atoms with Crippen LogP contribution in [0.1, 0.15) is 36.6 Å². The van der Waals surface area contributed by atoms with Crippen molar-refractivity contribution in [3.8, 4) is 6.07 Å². The molecule has 24 heavy (non-hydrogen) atoms. The molecule has 3 rings (SSSR count). The van der Waals surface area contributed by atoms with Gasteiger partial charge >= 0.3 is 0 Å². The van der Waals surface area contributed by atoms with E-state index >= 15 is 0 Å². The van der Waals surface area contributed by atoms with Crippen molar-refractivity contribution in [2.45, 2.75) is 32.9 Å². The first kappa shape index (κ1) is 16.5. The minimum absolute atomic E-state index is 0.442. The first-order valence-electron chi connectivity index (χ1n) is 8.63. The second kappa shape index (κ2) is 7.94. The van der Waals surface area contributed by atoms with Gasteiger partial charge in [0.2, 0.25) is 0 Å². The summed E-state index contributed by atoms with van der Waals surface area (Å²) in [6.07, 6.45) is 4.34. The van der Waals surface area contributed by atoms with Crippen LogP contribution >= 0.6 is 0 Å². The van der Waals surface area contributed by atoms with E-state index in [1.54, 1.807) is 12.3 Å². The smallest absolute Gasteiger partial charge is 0.140 e. The van der Waals surface area contributed by atoms with Gasteiger partial charge in [-0.2, -0.15) is 5.26 Å². The van der Waals surface area contributed by atoms with Gasteiger partial charge in [-0.15, -0.1) is 0 Å². The van der Waals surface area contributed by atoms with E-state index < -0.39 is 0 Å². The average molecular weight is 320 g/mol. The molecule has 1 aliphatic rings. The van der Waals surface area contributed by atoms with E-state index in [2.05, 4.69) is 46.4 Å². The van der Waals surface area contributed by atoms with Crippen LogP contribution in [-0.2, 0) is 13.1 Å². The van der Waals surface area contributed by atoms with Crippen molar-refractivity contribution < 1.29 is 0 Å². The molecule has 0 unspecified atom stereocenters. The third kappa shape index (κ3) is 4.56. The molecule has 0 saturated carbocycles. The van der Waals surface area contributed by atoms with E-state index in [-0.39, 0.29) is 0 Å². The highest BCUT2D eigenvalue weighted by molar-refractivity contribution is 5.43. The molecule has 0 amide bonds. The topological polar surface area (TPSA) is 52.0 Å². The third-order valence-corrected chi connectivity index (χ3v) is 4.68. The standard InChI is InChI=1S/C20H24N4/c1-16-8-10-24(11-9-16)15-18-4-2-17(3-5-18)13-22-20-7-6-19(12-21)23-14-20/h2-7,14,16,22H,8-11,13,15H2,1H3. The fraction of sp³-hybridized carbons (Fsp3) is 0.400. The number of likely N-dealkylation sites (tertiary alicyclic amines) is 1. The molecule has 1 aromatic heterocycles. The first-order chi connectivity index (χ1) is 11.7. The van der Waals surface area contributed by atoms with Crippen molar-refractivity contribution in [1.29, 1.82) is 5.26 Å². The van der Waals surface area contributed by atoms with Gasteiger partial charge in [0.25, 0.3) is 0 Å². The monoisotopic (exact) mass is 320 g/mol. The molecule has 1 aliphatic heterocycles. The molecule has 124 valence electrons. The minimum atomic E-state index is 0.442. The Morgan fingerprint density at radius 1 is 1.12 bits per heavy atom. The summed E-state index contributed by atoms with van der Waals surface area (Å²) in [6, 6.07) is 14.5. The number of piperidine rings is 1. The first-order valence-corrected chi connectivity index (χ1v) is 8.63. The fourth-order valence-corrected chi connectivity index (χ4v) is 3.01. The second-order valence-electron chi connectivity index (χ2n) is 6.67. The van der Waals surface area contributed by atoms with Crippen LogP contribution in [0.5, 0.6) is 0 Å². The number of aromatic nitrogens is 1. The van der Waals surface area contributed by atoms with Crippen molar-refractivity contribution in [1.82, 2.24) is 9.88 Å². The highest BCUT2D eigenvalue weighted by Crippen LogP contribution is 2.18. The zero-order valence-corrected chi connectivity index (χ0v) is 14.2. The Kier molecular flexibility index (Phi) is 5.45. The number of benzene rings is 1. The maximum atomic E-state index is 8.76. The van der Waals surface area contributed by atoms with Crippen LogP contribution in [0.25, 0.3) is 0 Å². The molecular formula is C20H24N4. The largest absolute Gasteiger partial charge is 0.380 e. The summed E-state index contributed by atoms with van der Waals surface area (Å²) in [5.74, 6) is 0.881. The predicted octanol–water partition coefficient (Wildman–Crippen LogP) is 3.80. The summed E-state index contributed by atoms with van der Waals surface area (Å²) in [5, 5.41) is 12.1. The van der Waals surface area contributed by atoms with Crippen molar-refractivity contribution in [2.75, 3.05) is 18.4 Å². The molecule has 1 saturated heterocycles. The third-order valence-electron chi connectivity index (χ3n) is 4.68. The van der Waals surface area contributed by atoms with Crippen LogP contribution in [-0.4, -0.2) is 23.0 Å². The molecule has 0 atom stereocenters. The fourth-order valence-electron chi connectivity index (χ4n) is 3.01.